The summed E-state index contributed by atoms with van der Waals surface area (Å²) in [5.41, 5.74) is 0.624. The maximum atomic E-state index is 14.2. The van der Waals surface area contributed by atoms with Gasteiger partial charge in [0, 0.05) is 30.9 Å². The van der Waals surface area contributed by atoms with Crippen LogP contribution in [0.3, 0.4) is 0 Å². The van der Waals surface area contributed by atoms with Gasteiger partial charge >= 0.3 is 0 Å². The van der Waals surface area contributed by atoms with Crippen molar-refractivity contribution in [2.75, 3.05) is 19.6 Å². The summed E-state index contributed by atoms with van der Waals surface area (Å²) >= 11 is 0. The molecule has 1 aromatic rings. The number of nitrogens with one attached hydrogen (secondary N) is 1. The van der Waals surface area contributed by atoms with Gasteiger partial charge in [0.2, 0.25) is 10.0 Å². The lowest BCUT2D eigenvalue weighted by atomic mass is 10.1. The normalized spacial score (nSPS) is 21.6. The SMILES string of the molecule is C/C=C(\c1c(C)cncc1F)S(=O)(=O)N1CCCNC[C@@H]1C. The first-order valence-electron chi connectivity index (χ1n) is 7.39. The molecule has 122 valence electrons. The molecule has 0 saturated carbocycles. The van der Waals surface area contributed by atoms with Crippen LogP contribution in [0.2, 0.25) is 0 Å². The number of aromatic nitrogens is 1. The van der Waals surface area contributed by atoms with E-state index in [0.29, 0.717) is 18.7 Å². The van der Waals surface area contributed by atoms with Crippen molar-refractivity contribution in [1.82, 2.24) is 14.6 Å². The standard InChI is InChI=1S/C15H22FN3O2S/c1-4-14(15-11(2)8-18-10-13(15)16)22(20,21)19-7-5-6-17-9-12(19)3/h4,8,10,12,17H,5-7,9H2,1-3H3/b14-4+/t12-/m0/s1. The molecule has 0 amide bonds. The van der Waals surface area contributed by atoms with Crippen molar-refractivity contribution in [2.45, 2.75) is 33.2 Å². The Hall–Kier alpha value is -1.31. The maximum Gasteiger partial charge on any atom is 0.243 e. The summed E-state index contributed by atoms with van der Waals surface area (Å²) < 4.78 is 41.7. The zero-order valence-electron chi connectivity index (χ0n) is 13.1. The number of rotatable bonds is 3. The van der Waals surface area contributed by atoms with E-state index in [1.807, 2.05) is 6.92 Å². The Morgan fingerprint density at radius 1 is 1.50 bits per heavy atom. The highest BCUT2D eigenvalue weighted by Gasteiger charge is 2.33. The van der Waals surface area contributed by atoms with E-state index in [-0.39, 0.29) is 16.5 Å². The molecular formula is C15H22FN3O2S. The van der Waals surface area contributed by atoms with E-state index in [9.17, 15) is 12.8 Å². The fraction of sp³-hybridized carbons (Fsp3) is 0.533. The zero-order valence-corrected chi connectivity index (χ0v) is 14.0. The van der Waals surface area contributed by atoms with E-state index in [2.05, 4.69) is 10.3 Å². The Bertz CT molecular complexity index is 653. The lowest BCUT2D eigenvalue weighted by molar-refractivity contribution is 0.359. The minimum absolute atomic E-state index is 0.0126. The van der Waals surface area contributed by atoms with Crippen LogP contribution in [0, 0.1) is 12.7 Å². The monoisotopic (exact) mass is 327 g/mol. The molecule has 1 aliphatic heterocycles. The Morgan fingerprint density at radius 3 is 2.86 bits per heavy atom. The molecule has 1 saturated heterocycles. The summed E-state index contributed by atoms with van der Waals surface area (Å²) in [7, 11) is -3.76. The maximum absolute atomic E-state index is 14.2. The van der Waals surface area contributed by atoms with Gasteiger partial charge < -0.3 is 5.32 Å². The Labute approximate surface area is 131 Å². The number of sulfonamides is 1. The molecule has 1 atom stereocenters. The van der Waals surface area contributed by atoms with Gasteiger partial charge in [-0.2, -0.15) is 4.31 Å². The summed E-state index contributed by atoms with van der Waals surface area (Å²) in [6.07, 6.45) is 4.73. The van der Waals surface area contributed by atoms with Gasteiger partial charge in [-0.15, -0.1) is 0 Å². The van der Waals surface area contributed by atoms with Gasteiger partial charge in [0.15, 0.2) is 0 Å². The van der Waals surface area contributed by atoms with E-state index >= 15 is 0 Å². The van der Waals surface area contributed by atoms with E-state index < -0.39 is 15.8 Å². The Kier molecular flexibility index (Phi) is 5.31. The van der Waals surface area contributed by atoms with Crippen molar-refractivity contribution in [1.29, 1.82) is 0 Å². The molecule has 1 aromatic heterocycles. The van der Waals surface area contributed by atoms with Crippen molar-refractivity contribution in [3.05, 3.63) is 35.4 Å². The van der Waals surface area contributed by atoms with Crippen molar-refractivity contribution in [3.63, 3.8) is 0 Å². The van der Waals surface area contributed by atoms with Crippen LogP contribution in [0.25, 0.3) is 4.91 Å². The summed E-state index contributed by atoms with van der Waals surface area (Å²) in [6, 6.07) is -0.173. The van der Waals surface area contributed by atoms with Crippen LogP contribution in [0.15, 0.2) is 18.5 Å². The van der Waals surface area contributed by atoms with E-state index in [1.165, 1.54) is 16.6 Å². The third-order valence-electron chi connectivity index (χ3n) is 3.85. The molecule has 7 heteroatoms. The van der Waals surface area contributed by atoms with Crippen LogP contribution >= 0.6 is 0 Å². The minimum Gasteiger partial charge on any atom is -0.315 e. The van der Waals surface area contributed by atoms with Gasteiger partial charge in [-0.25, -0.2) is 12.8 Å². The first-order valence-corrected chi connectivity index (χ1v) is 8.83. The van der Waals surface area contributed by atoms with Gasteiger partial charge in [0.05, 0.1) is 11.1 Å². The van der Waals surface area contributed by atoms with Crippen molar-refractivity contribution in [2.24, 2.45) is 0 Å². The molecule has 0 radical (unpaired) electrons. The highest BCUT2D eigenvalue weighted by molar-refractivity contribution is 7.98. The van der Waals surface area contributed by atoms with Gasteiger partial charge in [-0.1, -0.05) is 6.08 Å². The fourth-order valence-electron chi connectivity index (χ4n) is 2.74. The van der Waals surface area contributed by atoms with Crippen molar-refractivity contribution >= 4 is 14.9 Å². The lowest BCUT2D eigenvalue weighted by Crippen LogP contribution is -2.42. The molecule has 0 aromatic carbocycles. The third kappa shape index (κ3) is 3.21. The van der Waals surface area contributed by atoms with Crippen LogP contribution in [-0.2, 0) is 10.0 Å². The van der Waals surface area contributed by atoms with E-state index in [1.54, 1.807) is 13.8 Å². The van der Waals surface area contributed by atoms with E-state index in [0.717, 1.165) is 19.2 Å². The number of aryl methyl sites for hydroxylation is 1. The second kappa shape index (κ2) is 6.85. The van der Waals surface area contributed by atoms with Crippen LogP contribution in [0.1, 0.15) is 31.4 Å². The molecule has 0 bridgehead atoms. The number of hydrogen-bond donors (Lipinski definition) is 1. The average Bonchev–Trinajstić information content (AvgIpc) is 2.67. The fourth-order valence-corrected chi connectivity index (χ4v) is 4.73. The number of halogens is 1. The lowest BCUT2D eigenvalue weighted by Gasteiger charge is -2.27. The molecule has 5 nitrogen and oxygen atoms in total. The highest BCUT2D eigenvalue weighted by Crippen LogP contribution is 2.30. The first kappa shape index (κ1) is 17.1. The summed E-state index contributed by atoms with van der Waals surface area (Å²) in [5, 5.41) is 3.21. The van der Waals surface area contributed by atoms with Crippen LogP contribution in [-0.4, -0.2) is 43.4 Å². The molecule has 2 rings (SSSR count). The first-order chi connectivity index (χ1) is 10.4. The molecule has 0 unspecified atom stereocenters. The quantitative estimate of drug-likeness (QED) is 0.921. The van der Waals surface area contributed by atoms with Gasteiger partial charge in [0.25, 0.3) is 0 Å². The zero-order chi connectivity index (χ0) is 16.3. The molecule has 1 N–H and O–H groups in total. The van der Waals surface area contributed by atoms with Gasteiger partial charge in [-0.3, -0.25) is 4.98 Å². The summed E-state index contributed by atoms with van der Waals surface area (Å²) in [6.45, 7) is 6.95. The molecule has 0 spiro atoms. The smallest absolute Gasteiger partial charge is 0.243 e. The number of allylic oxidation sites excluding steroid dienone is 1. The molecule has 0 aliphatic carbocycles. The molecular weight excluding hydrogens is 305 g/mol. The molecule has 2 heterocycles. The number of hydrogen-bond acceptors (Lipinski definition) is 4. The summed E-state index contributed by atoms with van der Waals surface area (Å²) in [5.74, 6) is -0.614. The Morgan fingerprint density at radius 2 is 2.23 bits per heavy atom. The molecule has 1 aliphatic rings. The van der Waals surface area contributed by atoms with Crippen LogP contribution < -0.4 is 5.32 Å². The molecule has 22 heavy (non-hydrogen) atoms. The third-order valence-corrected chi connectivity index (χ3v) is 6.00. The van der Waals surface area contributed by atoms with Crippen molar-refractivity contribution in [3.8, 4) is 0 Å². The van der Waals surface area contributed by atoms with Gasteiger partial charge in [-0.05, 0) is 39.3 Å². The number of pyridine rings is 1. The second-order valence-corrected chi connectivity index (χ2v) is 7.35. The largest absolute Gasteiger partial charge is 0.315 e. The van der Waals surface area contributed by atoms with Crippen LogP contribution in [0.4, 0.5) is 4.39 Å². The van der Waals surface area contributed by atoms with E-state index in [4.69, 9.17) is 0 Å². The predicted octanol–water partition coefficient (Wildman–Crippen LogP) is 1.90. The summed E-state index contributed by atoms with van der Waals surface area (Å²) in [4.78, 5) is 3.78. The predicted molar refractivity (Wildman–Crippen MR) is 85.2 cm³/mol. The van der Waals surface area contributed by atoms with Crippen LogP contribution in [0.5, 0.6) is 0 Å². The van der Waals surface area contributed by atoms with Gasteiger partial charge in [0.1, 0.15) is 5.82 Å². The second-order valence-electron chi connectivity index (χ2n) is 5.49. The number of nitrogens with zero attached hydrogens (tertiary/aromatic N) is 2. The topological polar surface area (TPSA) is 62.3 Å². The Balaban J connectivity index is 2.50. The van der Waals surface area contributed by atoms with Crippen molar-refractivity contribution < 1.29 is 12.8 Å². The average molecular weight is 327 g/mol. The molecule has 1 fully saturated rings. The minimum atomic E-state index is -3.76. The highest BCUT2D eigenvalue weighted by atomic mass is 32.2.